The molecule has 2 saturated heterocycles. The van der Waals surface area contributed by atoms with Gasteiger partial charge >= 0.3 is 0 Å². The monoisotopic (exact) mass is 301 g/mol. The van der Waals surface area contributed by atoms with Crippen molar-refractivity contribution >= 4 is 23.7 Å². The van der Waals surface area contributed by atoms with Gasteiger partial charge in [-0.15, -0.1) is 0 Å². The number of anilines is 1. The minimum absolute atomic E-state index is 0.0859. The first-order valence-electron chi connectivity index (χ1n) is 7.45. The van der Waals surface area contributed by atoms with Crippen molar-refractivity contribution in [1.82, 2.24) is 20.6 Å². The molecular formula is C15H19N5O2. The normalized spacial score (nSPS) is 23.7. The number of carbonyl (C=O) groups excluding carboxylic acids is 2. The number of Topliss-reactive ketones (excluding diaryl/α,β-unsaturated/α-hetero) is 1. The third kappa shape index (κ3) is 3.14. The van der Waals surface area contributed by atoms with Crippen LogP contribution in [-0.4, -0.2) is 47.8 Å². The van der Waals surface area contributed by atoms with Crippen molar-refractivity contribution in [1.29, 1.82) is 0 Å². The smallest absolute Gasteiger partial charge is 0.232 e. The van der Waals surface area contributed by atoms with E-state index in [1.807, 2.05) is 7.05 Å². The first kappa shape index (κ1) is 14.6. The van der Waals surface area contributed by atoms with Gasteiger partial charge in [-0.1, -0.05) is 0 Å². The molecule has 1 aromatic heterocycles. The number of hydrogen-bond acceptors (Lipinski definition) is 6. The average Bonchev–Trinajstić information content (AvgIpc) is 2.85. The summed E-state index contributed by atoms with van der Waals surface area (Å²) in [6, 6.07) is 2.09. The van der Waals surface area contributed by atoms with Gasteiger partial charge in [0.1, 0.15) is 0 Å². The Morgan fingerprint density at radius 3 is 2.95 bits per heavy atom. The topological polar surface area (TPSA) is 87.2 Å². The molecule has 116 valence electrons. The number of rotatable bonds is 3. The van der Waals surface area contributed by atoms with E-state index in [0.717, 1.165) is 25.9 Å². The van der Waals surface area contributed by atoms with Gasteiger partial charge in [0.2, 0.25) is 11.9 Å². The van der Waals surface area contributed by atoms with Gasteiger partial charge in [0, 0.05) is 25.8 Å². The molecule has 0 aromatic carbocycles. The van der Waals surface area contributed by atoms with Gasteiger partial charge in [0.05, 0.1) is 17.8 Å². The van der Waals surface area contributed by atoms with E-state index in [2.05, 4.69) is 25.5 Å². The van der Waals surface area contributed by atoms with Crippen LogP contribution < -0.4 is 15.5 Å². The highest BCUT2D eigenvalue weighted by atomic mass is 16.2. The molecule has 7 heteroatoms. The molecule has 2 N–H and O–H groups in total. The van der Waals surface area contributed by atoms with Crippen LogP contribution in [0.15, 0.2) is 18.0 Å². The predicted molar refractivity (Wildman–Crippen MR) is 82.1 cm³/mol. The molecule has 2 aliphatic heterocycles. The van der Waals surface area contributed by atoms with Crippen LogP contribution in [0.25, 0.3) is 6.08 Å². The highest BCUT2D eigenvalue weighted by Gasteiger charge is 2.24. The number of amides is 1. The molecule has 0 bridgehead atoms. The number of piperidine rings is 1. The van der Waals surface area contributed by atoms with E-state index in [0.29, 0.717) is 23.4 Å². The second-order valence-corrected chi connectivity index (χ2v) is 5.60. The minimum Gasteiger partial charge on any atom is -0.340 e. The second-order valence-electron chi connectivity index (χ2n) is 5.60. The van der Waals surface area contributed by atoms with Crippen LogP contribution in [0, 0.1) is 0 Å². The average molecular weight is 301 g/mol. The standard InChI is InChI=1S/C15H19N5O2/c1-20(11-3-2-5-16-9-11)15-17-6-4-10(18-15)7-12-13(21)8-14(22)19-12/h4,6-7,11,16H,2-3,5,8-9H2,1H3,(H,19,22)/b12-7-/t11-/m0/s1. The number of nitrogens with one attached hydrogen (secondary N) is 2. The predicted octanol–water partition coefficient (Wildman–Crippen LogP) is 0.0947. The van der Waals surface area contributed by atoms with Crippen molar-refractivity contribution in [2.24, 2.45) is 0 Å². The SMILES string of the molecule is CN(c1nccc(/C=C2\NC(=O)CC2=O)n1)[C@H]1CCCNC1. The van der Waals surface area contributed by atoms with Crippen LogP contribution in [0.4, 0.5) is 5.95 Å². The van der Waals surface area contributed by atoms with Crippen molar-refractivity contribution in [2.45, 2.75) is 25.3 Å². The second kappa shape index (κ2) is 6.23. The van der Waals surface area contributed by atoms with Crippen LogP contribution in [0.5, 0.6) is 0 Å². The number of ketones is 1. The Kier molecular flexibility index (Phi) is 4.15. The van der Waals surface area contributed by atoms with Gasteiger partial charge < -0.3 is 15.5 Å². The first-order valence-corrected chi connectivity index (χ1v) is 7.45. The summed E-state index contributed by atoms with van der Waals surface area (Å²) in [5.74, 6) is 0.158. The summed E-state index contributed by atoms with van der Waals surface area (Å²) in [5.41, 5.74) is 0.919. The molecule has 0 spiro atoms. The van der Waals surface area contributed by atoms with Crippen molar-refractivity contribution < 1.29 is 9.59 Å². The summed E-state index contributed by atoms with van der Waals surface area (Å²) in [5, 5.41) is 5.92. The maximum absolute atomic E-state index is 11.6. The molecule has 2 fully saturated rings. The van der Waals surface area contributed by atoms with Gasteiger partial charge in [0.25, 0.3) is 0 Å². The highest BCUT2D eigenvalue weighted by Crippen LogP contribution is 2.16. The fourth-order valence-electron chi connectivity index (χ4n) is 2.71. The summed E-state index contributed by atoms with van der Waals surface area (Å²) in [4.78, 5) is 33.7. The quantitative estimate of drug-likeness (QED) is 0.608. The van der Waals surface area contributed by atoms with E-state index in [9.17, 15) is 9.59 Å². The Bertz CT molecular complexity index is 622. The fourth-order valence-corrected chi connectivity index (χ4v) is 2.71. The Morgan fingerprint density at radius 2 is 2.27 bits per heavy atom. The van der Waals surface area contributed by atoms with Crippen molar-refractivity contribution in [3.63, 3.8) is 0 Å². The van der Waals surface area contributed by atoms with E-state index < -0.39 is 0 Å². The molecule has 0 saturated carbocycles. The van der Waals surface area contributed by atoms with Gasteiger partial charge in [-0.3, -0.25) is 9.59 Å². The van der Waals surface area contributed by atoms with E-state index in [1.165, 1.54) is 0 Å². The molecular weight excluding hydrogens is 282 g/mol. The number of carbonyl (C=O) groups is 2. The number of likely N-dealkylation sites (N-methyl/N-ethyl adjacent to an activating group) is 1. The molecule has 0 unspecified atom stereocenters. The van der Waals surface area contributed by atoms with Crippen LogP contribution in [0.3, 0.4) is 0 Å². The summed E-state index contributed by atoms with van der Waals surface area (Å²) in [7, 11) is 1.98. The first-order chi connectivity index (χ1) is 10.6. The molecule has 22 heavy (non-hydrogen) atoms. The zero-order valence-corrected chi connectivity index (χ0v) is 12.5. The van der Waals surface area contributed by atoms with Gasteiger partial charge in [0.15, 0.2) is 5.78 Å². The van der Waals surface area contributed by atoms with Crippen LogP contribution in [0.2, 0.25) is 0 Å². The fraction of sp³-hybridized carbons (Fsp3) is 0.467. The number of aromatic nitrogens is 2. The van der Waals surface area contributed by atoms with E-state index in [1.54, 1.807) is 18.3 Å². The minimum atomic E-state index is -0.268. The lowest BCUT2D eigenvalue weighted by atomic mass is 10.1. The van der Waals surface area contributed by atoms with Crippen molar-refractivity contribution in [3.8, 4) is 0 Å². The molecule has 1 aromatic rings. The van der Waals surface area contributed by atoms with E-state index in [4.69, 9.17) is 0 Å². The largest absolute Gasteiger partial charge is 0.340 e. The number of hydrogen-bond donors (Lipinski definition) is 2. The third-order valence-corrected chi connectivity index (χ3v) is 3.99. The molecule has 0 aliphatic carbocycles. The molecule has 3 heterocycles. The van der Waals surface area contributed by atoms with Gasteiger partial charge in [-0.05, 0) is 31.5 Å². The molecule has 2 aliphatic rings. The Morgan fingerprint density at radius 1 is 1.41 bits per heavy atom. The zero-order valence-electron chi connectivity index (χ0n) is 12.5. The molecule has 3 rings (SSSR count). The third-order valence-electron chi connectivity index (χ3n) is 3.99. The molecule has 1 amide bonds. The highest BCUT2D eigenvalue weighted by molar-refractivity contribution is 6.16. The summed E-state index contributed by atoms with van der Waals surface area (Å²) < 4.78 is 0. The maximum Gasteiger partial charge on any atom is 0.232 e. The van der Waals surface area contributed by atoms with Gasteiger partial charge in [-0.2, -0.15) is 0 Å². The van der Waals surface area contributed by atoms with E-state index in [-0.39, 0.29) is 18.1 Å². The molecule has 1 atom stereocenters. The van der Waals surface area contributed by atoms with Gasteiger partial charge in [-0.25, -0.2) is 9.97 Å². The zero-order chi connectivity index (χ0) is 15.5. The van der Waals surface area contributed by atoms with Crippen LogP contribution in [-0.2, 0) is 9.59 Å². The lowest BCUT2D eigenvalue weighted by Gasteiger charge is -2.31. The Labute approximate surface area is 128 Å². The number of nitrogens with zero attached hydrogens (tertiary/aromatic N) is 3. The lowest BCUT2D eigenvalue weighted by Crippen LogP contribution is -2.44. The summed E-state index contributed by atoms with van der Waals surface area (Å²) in [6.45, 7) is 1.97. The van der Waals surface area contributed by atoms with Crippen molar-refractivity contribution in [3.05, 3.63) is 23.7 Å². The Balaban J connectivity index is 1.79. The lowest BCUT2D eigenvalue weighted by molar-refractivity contribution is -0.121. The van der Waals surface area contributed by atoms with Crippen LogP contribution >= 0.6 is 0 Å². The number of allylic oxidation sites excluding steroid dienone is 1. The summed E-state index contributed by atoms with van der Waals surface area (Å²) >= 11 is 0. The Hall–Kier alpha value is -2.28. The molecule has 0 radical (unpaired) electrons. The maximum atomic E-state index is 11.6. The van der Waals surface area contributed by atoms with Crippen molar-refractivity contribution in [2.75, 3.05) is 25.0 Å². The molecule has 7 nitrogen and oxygen atoms in total. The summed E-state index contributed by atoms with van der Waals surface area (Å²) in [6.07, 6.45) is 5.43. The van der Waals surface area contributed by atoms with E-state index >= 15 is 0 Å². The van der Waals surface area contributed by atoms with Crippen LogP contribution in [0.1, 0.15) is 25.0 Å².